The number of likely N-dealkylation sites (N-methyl/N-ethyl adjacent to an activating group) is 1. The molecule has 2 unspecified atom stereocenters. The van der Waals surface area contributed by atoms with Gasteiger partial charge in [-0.25, -0.2) is 32.9 Å². The van der Waals surface area contributed by atoms with E-state index in [0.717, 1.165) is 25.7 Å². The van der Waals surface area contributed by atoms with Crippen molar-refractivity contribution in [2.75, 3.05) is 50.9 Å². The van der Waals surface area contributed by atoms with Crippen LogP contribution in [0.5, 0.6) is 0 Å². The first-order valence-corrected chi connectivity index (χ1v) is 14.5. The summed E-state index contributed by atoms with van der Waals surface area (Å²) in [6.45, 7) is 3.76. The van der Waals surface area contributed by atoms with E-state index in [1.807, 2.05) is 13.8 Å². The first-order chi connectivity index (χ1) is 20.3. The second-order valence-electron chi connectivity index (χ2n) is 11.2. The molecule has 236 valence electrons. The molecule has 0 radical (unpaired) electrons. The Bertz CT molecular complexity index is 1440. The number of halogens is 4. The van der Waals surface area contributed by atoms with Gasteiger partial charge in [0.15, 0.2) is 5.82 Å². The molecule has 1 amide bonds. The summed E-state index contributed by atoms with van der Waals surface area (Å²) in [6.07, 6.45) is 3.67. The highest BCUT2D eigenvalue weighted by molar-refractivity contribution is 6.33. The molecule has 1 aliphatic carbocycles. The topological polar surface area (TPSA) is 135 Å². The molecule has 2 atom stereocenters. The quantitative estimate of drug-likeness (QED) is 0.383. The summed E-state index contributed by atoms with van der Waals surface area (Å²) in [5.41, 5.74) is 6.93. The van der Waals surface area contributed by atoms with Crippen molar-refractivity contribution < 1.29 is 27.8 Å². The summed E-state index contributed by atoms with van der Waals surface area (Å²) in [5.74, 6) is -3.20. The van der Waals surface area contributed by atoms with Crippen LogP contribution >= 0.6 is 11.6 Å². The number of anilines is 2. The Morgan fingerprint density at radius 3 is 2.60 bits per heavy atom. The van der Waals surface area contributed by atoms with Crippen molar-refractivity contribution in [1.29, 1.82) is 0 Å². The third-order valence-corrected chi connectivity index (χ3v) is 7.65. The minimum atomic E-state index is -2.92. The zero-order chi connectivity index (χ0) is 31.5. The lowest BCUT2D eigenvalue weighted by Crippen LogP contribution is -2.39. The molecule has 3 heterocycles. The number of hydrogen-bond acceptors (Lipinski definition) is 9. The molecule has 0 bridgehead atoms. The molecule has 1 saturated heterocycles. The predicted octanol–water partition coefficient (Wildman–Crippen LogP) is 4.48. The van der Waals surface area contributed by atoms with E-state index in [0.29, 0.717) is 30.1 Å². The van der Waals surface area contributed by atoms with E-state index in [9.17, 15) is 18.7 Å². The number of amides is 1. The van der Waals surface area contributed by atoms with Gasteiger partial charge in [-0.3, -0.25) is 4.90 Å². The number of alkyl halides is 2. The van der Waals surface area contributed by atoms with E-state index in [1.54, 1.807) is 22.6 Å². The Kier molecular flexibility index (Phi) is 10.2. The van der Waals surface area contributed by atoms with Crippen LogP contribution in [0, 0.1) is 5.82 Å². The van der Waals surface area contributed by atoms with Crippen molar-refractivity contribution in [3.05, 3.63) is 29.2 Å². The van der Waals surface area contributed by atoms with Crippen LogP contribution in [0.2, 0.25) is 5.02 Å². The number of aliphatic hydroxyl groups excluding tert-OH is 1. The van der Waals surface area contributed by atoms with Crippen LogP contribution in [0.1, 0.15) is 45.6 Å². The molecule has 0 spiro atoms. The number of nitrogens with one attached hydrogen (secondary N) is 1. The maximum atomic E-state index is 15.1. The summed E-state index contributed by atoms with van der Waals surface area (Å²) < 4.78 is 50.7. The molecule has 5 rings (SSSR count). The number of nitrogens with zero attached hydrogens (tertiary/aromatic N) is 6. The van der Waals surface area contributed by atoms with Gasteiger partial charge in [-0.2, -0.15) is 0 Å². The monoisotopic (exact) mass is 626 g/mol. The molecule has 3 aromatic rings. The Morgan fingerprint density at radius 2 is 1.93 bits per heavy atom. The molecule has 11 nitrogen and oxygen atoms in total. The third-order valence-electron chi connectivity index (χ3n) is 7.37. The van der Waals surface area contributed by atoms with Gasteiger partial charge in [0.05, 0.1) is 41.6 Å². The number of carbonyl (C=O) groups excluding carboxylic acids is 1. The molecule has 2 aromatic heterocycles. The van der Waals surface area contributed by atoms with E-state index < -0.39 is 30.5 Å². The number of fused-ring (bicyclic) bond motifs is 1. The minimum Gasteiger partial charge on any atom is -0.443 e. The molecule has 1 aliphatic heterocycles. The van der Waals surface area contributed by atoms with Crippen LogP contribution in [0.15, 0.2) is 18.3 Å². The summed E-state index contributed by atoms with van der Waals surface area (Å²) >= 11 is 6.21. The molecule has 1 aromatic carbocycles. The number of hydrogen-bond donors (Lipinski definition) is 3. The fourth-order valence-corrected chi connectivity index (χ4v) is 5.55. The van der Waals surface area contributed by atoms with E-state index in [4.69, 9.17) is 22.1 Å². The Balaban J connectivity index is 0.000000296. The van der Waals surface area contributed by atoms with E-state index in [2.05, 4.69) is 20.3 Å². The summed E-state index contributed by atoms with van der Waals surface area (Å²) in [5, 5.41) is 12.0. The molecular formula is C28H38ClF3N8O3. The van der Waals surface area contributed by atoms with Crippen LogP contribution in [0.3, 0.4) is 0 Å². The maximum absolute atomic E-state index is 15.1. The first kappa shape index (κ1) is 32.6. The van der Waals surface area contributed by atoms with Gasteiger partial charge in [0, 0.05) is 31.7 Å². The van der Waals surface area contributed by atoms with Crippen LogP contribution < -0.4 is 16.0 Å². The van der Waals surface area contributed by atoms with Crippen molar-refractivity contribution >= 4 is 40.6 Å². The van der Waals surface area contributed by atoms with Gasteiger partial charge in [-0.05, 0) is 52.3 Å². The summed E-state index contributed by atoms with van der Waals surface area (Å²) in [4.78, 5) is 26.3. The zero-order valence-corrected chi connectivity index (χ0v) is 25.4. The second kappa shape index (κ2) is 13.5. The number of nitrogens with two attached hydrogens (primary N) is 1. The minimum absolute atomic E-state index is 0.00822. The van der Waals surface area contributed by atoms with Crippen molar-refractivity contribution in [3.63, 3.8) is 0 Å². The van der Waals surface area contributed by atoms with E-state index in [-0.39, 0.29) is 40.9 Å². The fraction of sp³-hybridized carbons (Fsp3) is 0.571. The van der Waals surface area contributed by atoms with Gasteiger partial charge in [-0.1, -0.05) is 18.0 Å². The van der Waals surface area contributed by atoms with Gasteiger partial charge in [0.2, 0.25) is 11.9 Å². The van der Waals surface area contributed by atoms with Crippen molar-refractivity contribution in [2.24, 2.45) is 0 Å². The molecule has 2 aliphatic rings. The number of ether oxygens (including phenoxy) is 1. The number of nitrogen functional groups attached to an aromatic ring is 1. The number of imidazole rings is 1. The number of rotatable bonds is 4. The number of alkyl carbamates (subject to hydrolysis) is 1. The summed E-state index contributed by atoms with van der Waals surface area (Å²) in [7, 11) is 3.17. The van der Waals surface area contributed by atoms with Gasteiger partial charge in [-0.15, -0.1) is 0 Å². The molecule has 4 N–H and O–H groups in total. The predicted molar refractivity (Wildman–Crippen MR) is 159 cm³/mol. The lowest BCUT2D eigenvalue weighted by molar-refractivity contribution is -0.0205. The standard InChI is InChI=1S/C20H23ClF3N7.C8H15NO3/c1-11(2)31-15-7-12(16-13(21)8-26-18(25)27-16)6-14(22)17(15)28-19(31)30-5-4-29(3)9-20(23,24)10-30;1-9-8(11)12-7-5-3-2-4-6(7)10/h6-8,11H,4-5,9-10H2,1-3H3,(H2,25,26,27);6-7,10H,2-5H2,1H3,(H,9,11). The molecular weight excluding hydrogens is 589 g/mol. The largest absolute Gasteiger partial charge is 0.443 e. The number of aromatic nitrogens is 4. The van der Waals surface area contributed by atoms with Gasteiger partial charge in [0.1, 0.15) is 11.6 Å². The molecule has 15 heteroatoms. The maximum Gasteiger partial charge on any atom is 0.407 e. The first-order valence-electron chi connectivity index (χ1n) is 14.2. The summed E-state index contributed by atoms with van der Waals surface area (Å²) in [6, 6.07) is 2.81. The zero-order valence-electron chi connectivity index (χ0n) is 24.7. The highest BCUT2D eigenvalue weighted by atomic mass is 35.5. The van der Waals surface area contributed by atoms with Gasteiger partial charge in [0.25, 0.3) is 5.92 Å². The second-order valence-corrected chi connectivity index (χ2v) is 11.6. The van der Waals surface area contributed by atoms with Crippen molar-refractivity contribution in [1.82, 2.24) is 29.7 Å². The van der Waals surface area contributed by atoms with Crippen LogP contribution in [0.4, 0.5) is 29.9 Å². The van der Waals surface area contributed by atoms with E-state index >= 15 is 4.39 Å². The molecule has 2 fully saturated rings. The average Bonchev–Trinajstić information content (AvgIpc) is 3.27. The average molecular weight is 627 g/mol. The third kappa shape index (κ3) is 7.78. The van der Waals surface area contributed by atoms with Gasteiger partial charge < -0.3 is 30.4 Å². The van der Waals surface area contributed by atoms with Crippen molar-refractivity contribution in [3.8, 4) is 11.3 Å². The lowest BCUT2D eigenvalue weighted by atomic mass is 9.95. The van der Waals surface area contributed by atoms with Crippen LogP contribution in [0.25, 0.3) is 22.3 Å². The molecule has 43 heavy (non-hydrogen) atoms. The Labute approximate surface area is 253 Å². The smallest absolute Gasteiger partial charge is 0.407 e. The number of aliphatic hydroxyl groups is 1. The van der Waals surface area contributed by atoms with Crippen LogP contribution in [-0.2, 0) is 4.74 Å². The lowest BCUT2D eigenvalue weighted by Gasteiger charge is -2.26. The SMILES string of the molecule is CC(C)n1c(N2CCN(C)CC(F)(F)C2)nc2c(F)cc(-c3nc(N)ncc3Cl)cc21.CNC(=O)OC1CCCCC1O. The number of benzene rings is 1. The Hall–Kier alpha value is -3.36. The van der Waals surface area contributed by atoms with E-state index in [1.165, 1.54) is 24.2 Å². The normalized spacial score (nSPS) is 20.8. The fourth-order valence-electron chi connectivity index (χ4n) is 5.35. The highest BCUT2D eigenvalue weighted by Crippen LogP contribution is 2.35. The highest BCUT2D eigenvalue weighted by Gasteiger charge is 2.38. The van der Waals surface area contributed by atoms with Crippen LogP contribution in [-0.4, -0.2) is 94.0 Å². The molecule has 1 saturated carbocycles. The number of carbonyl (C=O) groups is 1. The van der Waals surface area contributed by atoms with Crippen molar-refractivity contribution in [2.45, 2.75) is 63.7 Å². The Morgan fingerprint density at radius 1 is 1.21 bits per heavy atom. The van der Waals surface area contributed by atoms with Gasteiger partial charge >= 0.3 is 6.09 Å².